The van der Waals surface area contributed by atoms with Gasteiger partial charge in [0, 0.05) is 6.42 Å². The van der Waals surface area contributed by atoms with Crippen LogP contribution in [-0.4, -0.2) is 8.96 Å². The van der Waals surface area contributed by atoms with E-state index in [0.717, 1.165) is 11.3 Å². The lowest BCUT2D eigenvalue weighted by Crippen LogP contribution is -2.48. The molecule has 0 saturated heterocycles. The van der Waals surface area contributed by atoms with Gasteiger partial charge in [0.2, 0.25) is 0 Å². The predicted octanol–water partition coefficient (Wildman–Crippen LogP) is 3.91. The minimum absolute atomic E-state index is 0.339. The molecule has 1 N–H and O–H groups in total. The number of terminal acetylenes is 1. The van der Waals surface area contributed by atoms with Gasteiger partial charge in [0.1, 0.15) is 17.1 Å². The molecule has 4 heteroatoms. The Kier molecular flexibility index (Phi) is 5.13. The average molecular weight is 329 g/mol. The first-order valence-corrected chi connectivity index (χ1v) is 8.70. The highest BCUT2D eigenvalue weighted by Gasteiger charge is 2.40. The van der Waals surface area contributed by atoms with Crippen LogP contribution < -0.4 is 4.72 Å². The largest absolute Gasteiger partial charge is 0.464 e. The van der Waals surface area contributed by atoms with E-state index < -0.39 is 21.3 Å². The highest BCUT2D eigenvalue weighted by atomic mass is 32.2. The molecular weight excluding hydrogens is 306 g/mol. The van der Waals surface area contributed by atoms with Gasteiger partial charge < -0.3 is 4.42 Å². The van der Waals surface area contributed by atoms with Gasteiger partial charge in [-0.25, -0.2) is 8.93 Å². The summed E-state index contributed by atoms with van der Waals surface area (Å²) in [6, 6.07) is 13.6. The number of aryl methyl sites for hydroxylation is 1. The van der Waals surface area contributed by atoms with Crippen LogP contribution >= 0.6 is 0 Å². The minimum atomic E-state index is -1.31. The summed E-state index contributed by atoms with van der Waals surface area (Å²) in [7, 11) is -1.31. The van der Waals surface area contributed by atoms with Gasteiger partial charge in [0.25, 0.3) is 0 Å². The highest BCUT2D eigenvalue weighted by molar-refractivity contribution is 7.84. The van der Waals surface area contributed by atoms with Crippen molar-refractivity contribution < 1.29 is 8.63 Å². The maximum atomic E-state index is 12.8. The Morgan fingerprint density at radius 1 is 1.17 bits per heavy atom. The Bertz CT molecular complexity index is 722. The molecule has 2 atom stereocenters. The van der Waals surface area contributed by atoms with Crippen molar-refractivity contribution in [3.05, 3.63) is 59.5 Å². The van der Waals surface area contributed by atoms with Crippen molar-refractivity contribution in [2.24, 2.45) is 0 Å². The Morgan fingerprint density at radius 2 is 1.83 bits per heavy atom. The van der Waals surface area contributed by atoms with Gasteiger partial charge in [0.05, 0.1) is 15.7 Å². The lowest BCUT2D eigenvalue weighted by atomic mass is 9.85. The first-order valence-electron chi connectivity index (χ1n) is 7.55. The van der Waals surface area contributed by atoms with E-state index in [0.29, 0.717) is 12.2 Å². The normalized spacial score (nSPS) is 15.6. The van der Waals surface area contributed by atoms with E-state index in [1.54, 1.807) is 0 Å². The van der Waals surface area contributed by atoms with Crippen molar-refractivity contribution in [3.63, 3.8) is 0 Å². The van der Waals surface area contributed by atoms with E-state index in [9.17, 15) is 4.21 Å². The molecule has 2 rings (SSSR count). The van der Waals surface area contributed by atoms with Crippen LogP contribution in [0.15, 0.2) is 46.9 Å². The Morgan fingerprint density at radius 3 is 2.30 bits per heavy atom. The predicted molar refractivity (Wildman–Crippen MR) is 95.1 cm³/mol. The van der Waals surface area contributed by atoms with Crippen LogP contribution in [0.3, 0.4) is 0 Å². The quantitative estimate of drug-likeness (QED) is 0.845. The van der Waals surface area contributed by atoms with E-state index in [2.05, 4.69) is 10.6 Å². The van der Waals surface area contributed by atoms with Gasteiger partial charge in [-0.15, -0.1) is 12.3 Å². The molecule has 23 heavy (non-hydrogen) atoms. The molecular formula is C19H23NO2S. The summed E-state index contributed by atoms with van der Waals surface area (Å²) < 4.78 is 21.5. The number of benzene rings is 1. The standard InChI is InChI=1S/C19H23NO2S/c1-6-14-19(16-10-8-7-9-11-16,17-13-12-15(2)22-17)20-23(21)18(3,4)5/h1,7-13,20H,14H2,2-5H3. The molecule has 3 nitrogen and oxygen atoms in total. The second-order valence-electron chi connectivity index (χ2n) is 6.55. The molecule has 0 aliphatic carbocycles. The molecule has 0 fully saturated rings. The second kappa shape index (κ2) is 6.74. The van der Waals surface area contributed by atoms with Crippen molar-refractivity contribution in [2.75, 3.05) is 0 Å². The zero-order chi connectivity index (χ0) is 17.1. The molecule has 2 unspecified atom stereocenters. The monoisotopic (exact) mass is 329 g/mol. The average Bonchev–Trinajstić information content (AvgIpc) is 2.93. The van der Waals surface area contributed by atoms with Crippen molar-refractivity contribution in [1.29, 1.82) is 0 Å². The zero-order valence-electron chi connectivity index (χ0n) is 14.1. The third-order valence-corrected chi connectivity index (χ3v) is 5.26. The minimum Gasteiger partial charge on any atom is -0.464 e. The fourth-order valence-corrected chi connectivity index (χ4v) is 3.24. The van der Waals surface area contributed by atoms with Crippen LogP contribution in [0.4, 0.5) is 0 Å². The van der Waals surface area contributed by atoms with E-state index in [-0.39, 0.29) is 0 Å². The Hall–Kier alpha value is -1.83. The topological polar surface area (TPSA) is 42.2 Å². The second-order valence-corrected chi connectivity index (χ2v) is 8.51. The SMILES string of the molecule is C#CCC(NS(=O)C(C)(C)C)(c1ccccc1)c1ccc(C)o1. The van der Waals surface area contributed by atoms with E-state index in [1.807, 2.05) is 70.2 Å². The van der Waals surface area contributed by atoms with E-state index in [4.69, 9.17) is 10.8 Å². The van der Waals surface area contributed by atoms with Gasteiger partial charge in [-0.2, -0.15) is 0 Å². The molecule has 1 heterocycles. The van der Waals surface area contributed by atoms with Crippen LogP contribution in [-0.2, 0) is 16.5 Å². The lowest BCUT2D eigenvalue weighted by Gasteiger charge is -2.34. The van der Waals surface area contributed by atoms with Crippen molar-refractivity contribution in [3.8, 4) is 12.3 Å². The molecule has 0 spiro atoms. The smallest absolute Gasteiger partial charge is 0.130 e. The number of hydrogen-bond donors (Lipinski definition) is 1. The molecule has 1 aromatic heterocycles. The molecule has 0 bridgehead atoms. The number of hydrogen-bond acceptors (Lipinski definition) is 2. The van der Waals surface area contributed by atoms with Crippen LogP contribution in [0.25, 0.3) is 0 Å². The number of rotatable bonds is 5. The summed E-state index contributed by atoms with van der Waals surface area (Å²) in [6.07, 6.45) is 5.99. The summed E-state index contributed by atoms with van der Waals surface area (Å²) in [6.45, 7) is 7.66. The summed E-state index contributed by atoms with van der Waals surface area (Å²) in [5.41, 5.74) is 0.118. The summed E-state index contributed by atoms with van der Waals surface area (Å²) in [5, 5.41) is 0. The molecule has 0 aliphatic heterocycles. The Balaban J connectivity index is 2.61. The maximum absolute atomic E-state index is 12.8. The van der Waals surface area contributed by atoms with Crippen LogP contribution in [0.2, 0.25) is 0 Å². The van der Waals surface area contributed by atoms with Crippen LogP contribution in [0.1, 0.15) is 44.3 Å². The Labute approximate surface area is 141 Å². The van der Waals surface area contributed by atoms with Crippen LogP contribution in [0, 0.1) is 19.3 Å². The highest BCUT2D eigenvalue weighted by Crippen LogP contribution is 2.35. The van der Waals surface area contributed by atoms with Gasteiger partial charge in [0.15, 0.2) is 0 Å². The fraction of sp³-hybridized carbons (Fsp3) is 0.368. The molecule has 2 aromatic rings. The number of furan rings is 1. The van der Waals surface area contributed by atoms with Gasteiger partial charge in [-0.3, -0.25) is 0 Å². The first kappa shape index (κ1) is 17.5. The van der Waals surface area contributed by atoms with Crippen molar-refractivity contribution in [1.82, 2.24) is 4.72 Å². The van der Waals surface area contributed by atoms with Gasteiger partial charge in [-0.1, -0.05) is 30.3 Å². The first-order chi connectivity index (χ1) is 10.8. The molecule has 0 aliphatic rings. The van der Waals surface area contributed by atoms with Crippen LogP contribution in [0.5, 0.6) is 0 Å². The van der Waals surface area contributed by atoms with Crippen molar-refractivity contribution >= 4 is 11.0 Å². The lowest BCUT2D eigenvalue weighted by molar-refractivity contribution is 0.362. The summed E-state index contributed by atoms with van der Waals surface area (Å²) in [5.74, 6) is 4.18. The van der Waals surface area contributed by atoms with Gasteiger partial charge in [-0.05, 0) is 45.4 Å². The fourth-order valence-electron chi connectivity index (χ4n) is 2.33. The van der Waals surface area contributed by atoms with E-state index >= 15 is 0 Å². The molecule has 122 valence electrons. The number of nitrogens with one attached hydrogen (secondary N) is 1. The zero-order valence-corrected chi connectivity index (χ0v) is 14.9. The van der Waals surface area contributed by atoms with E-state index in [1.165, 1.54) is 0 Å². The molecule has 0 amide bonds. The third kappa shape index (κ3) is 3.74. The van der Waals surface area contributed by atoms with Gasteiger partial charge >= 0.3 is 0 Å². The summed E-state index contributed by atoms with van der Waals surface area (Å²) in [4.78, 5) is 0. The molecule has 1 aromatic carbocycles. The molecule has 0 saturated carbocycles. The van der Waals surface area contributed by atoms with Crippen molar-refractivity contribution in [2.45, 2.75) is 44.4 Å². The maximum Gasteiger partial charge on any atom is 0.130 e. The summed E-state index contributed by atoms with van der Waals surface area (Å²) >= 11 is 0. The third-order valence-electron chi connectivity index (χ3n) is 3.62. The molecule has 0 radical (unpaired) electrons.